The van der Waals surface area contributed by atoms with Crippen molar-refractivity contribution < 1.29 is 33.0 Å². The van der Waals surface area contributed by atoms with Crippen molar-refractivity contribution in [3.8, 4) is 0 Å². The molecule has 0 radical (unpaired) electrons. The van der Waals surface area contributed by atoms with E-state index < -0.39 is 35.2 Å². The van der Waals surface area contributed by atoms with Crippen LogP contribution in [-0.2, 0) is 19.1 Å². The third kappa shape index (κ3) is 2.86. The van der Waals surface area contributed by atoms with Crippen LogP contribution in [0.25, 0.3) is 10.8 Å². The normalized spacial score (nSPS) is 12.5. The van der Waals surface area contributed by atoms with Crippen LogP contribution in [0, 0.1) is 5.82 Å². The Balaban J connectivity index is 2.01. The third-order valence-electron chi connectivity index (χ3n) is 5.17. The number of carbonyl (C=O) groups excluding carboxylic acids is 4. The molecule has 150 valence electrons. The summed E-state index contributed by atoms with van der Waals surface area (Å²) in [6.45, 7) is 0. The number of ketones is 2. The number of hydrogen-bond donors (Lipinski definition) is 0. The maximum Gasteiger partial charge on any atom is 0.324 e. The minimum absolute atomic E-state index is 0.118. The van der Waals surface area contributed by atoms with Gasteiger partial charge >= 0.3 is 11.9 Å². The number of esters is 2. The molecule has 0 spiro atoms. The molecule has 6 nitrogen and oxygen atoms in total. The van der Waals surface area contributed by atoms with Crippen LogP contribution >= 0.6 is 0 Å². The van der Waals surface area contributed by atoms with Crippen LogP contribution in [0.4, 0.5) is 4.39 Å². The summed E-state index contributed by atoms with van der Waals surface area (Å²) in [5.41, 5.74) is -0.426. The van der Waals surface area contributed by atoms with E-state index in [4.69, 9.17) is 0 Å². The topological polar surface area (TPSA) is 86.7 Å². The molecule has 1 aliphatic rings. The Bertz CT molecular complexity index is 1240. The van der Waals surface area contributed by atoms with Crippen LogP contribution in [0.1, 0.15) is 43.3 Å². The van der Waals surface area contributed by atoms with Crippen LogP contribution in [0.5, 0.6) is 0 Å². The highest BCUT2D eigenvalue weighted by molar-refractivity contribution is 6.30. The number of methoxy groups -OCH3 is 2. The first-order valence-electron chi connectivity index (χ1n) is 8.98. The molecule has 0 bridgehead atoms. The first kappa shape index (κ1) is 19.4. The van der Waals surface area contributed by atoms with E-state index in [1.165, 1.54) is 0 Å². The van der Waals surface area contributed by atoms with Crippen molar-refractivity contribution in [1.29, 1.82) is 0 Å². The lowest BCUT2D eigenvalue weighted by Crippen LogP contribution is -2.30. The van der Waals surface area contributed by atoms with Gasteiger partial charge in [-0.15, -0.1) is 0 Å². The molecular weight excluding hydrogens is 391 g/mol. The molecule has 0 N–H and O–H groups in total. The number of carbonyl (C=O) groups is 4. The molecule has 3 aromatic rings. The Hall–Kier alpha value is -3.87. The number of benzene rings is 3. The van der Waals surface area contributed by atoms with E-state index in [1.54, 1.807) is 36.4 Å². The van der Waals surface area contributed by atoms with Gasteiger partial charge in [0.1, 0.15) is 5.82 Å². The Morgan fingerprint density at radius 2 is 1.33 bits per heavy atom. The van der Waals surface area contributed by atoms with E-state index >= 15 is 0 Å². The van der Waals surface area contributed by atoms with Crippen LogP contribution in [0.3, 0.4) is 0 Å². The lowest BCUT2D eigenvalue weighted by atomic mass is 9.78. The Morgan fingerprint density at radius 3 is 1.87 bits per heavy atom. The van der Waals surface area contributed by atoms with E-state index in [0.717, 1.165) is 37.1 Å². The van der Waals surface area contributed by atoms with E-state index in [9.17, 15) is 23.6 Å². The number of rotatable bonds is 3. The summed E-state index contributed by atoms with van der Waals surface area (Å²) in [5.74, 6) is -5.79. The zero-order chi connectivity index (χ0) is 21.6. The second-order valence-corrected chi connectivity index (χ2v) is 6.80. The lowest BCUT2D eigenvalue weighted by Gasteiger charge is -2.23. The summed E-state index contributed by atoms with van der Waals surface area (Å²) in [7, 11) is 2.11. The van der Waals surface area contributed by atoms with Crippen LogP contribution in [0.2, 0.25) is 0 Å². The van der Waals surface area contributed by atoms with Gasteiger partial charge in [-0.2, -0.15) is 0 Å². The van der Waals surface area contributed by atoms with Gasteiger partial charge in [-0.1, -0.05) is 24.3 Å². The molecule has 0 amide bonds. The molecule has 0 saturated heterocycles. The van der Waals surface area contributed by atoms with E-state index in [-0.39, 0.29) is 27.8 Å². The molecule has 0 aromatic heterocycles. The SMILES string of the molecule is COC(=O)C(C(=O)OC)c1cc(F)cc2c1C(=O)c1cc3ccccc3cc1C2=O. The minimum Gasteiger partial charge on any atom is -0.468 e. The van der Waals surface area contributed by atoms with Crippen LogP contribution in [0.15, 0.2) is 48.5 Å². The zero-order valence-corrected chi connectivity index (χ0v) is 16.0. The molecule has 0 aliphatic heterocycles. The molecule has 0 unspecified atom stereocenters. The second-order valence-electron chi connectivity index (χ2n) is 6.80. The van der Waals surface area contributed by atoms with Crippen LogP contribution in [-0.4, -0.2) is 37.7 Å². The molecule has 30 heavy (non-hydrogen) atoms. The largest absolute Gasteiger partial charge is 0.468 e. The summed E-state index contributed by atoms with van der Waals surface area (Å²) in [5, 5.41) is 1.49. The van der Waals surface area contributed by atoms with Gasteiger partial charge in [-0.25, -0.2) is 4.39 Å². The zero-order valence-electron chi connectivity index (χ0n) is 16.0. The summed E-state index contributed by atoms with van der Waals surface area (Å²) >= 11 is 0. The fourth-order valence-corrected chi connectivity index (χ4v) is 3.77. The summed E-state index contributed by atoms with van der Waals surface area (Å²) in [6.07, 6.45) is 0. The molecular formula is C23H15FO6. The van der Waals surface area contributed by atoms with Gasteiger partial charge in [0.2, 0.25) is 0 Å². The smallest absolute Gasteiger partial charge is 0.324 e. The van der Waals surface area contributed by atoms with Crippen molar-refractivity contribution in [3.05, 3.63) is 82.2 Å². The number of ether oxygens (including phenoxy) is 2. The highest BCUT2D eigenvalue weighted by Crippen LogP contribution is 2.36. The lowest BCUT2D eigenvalue weighted by molar-refractivity contribution is -0.154. The number of hydrogen-bond acceptors (Lipinski definition) is 6. The molecule has 0 heterocycles. The van der Waals surface area contributed by atoms with Gasteiger partial charge < -0.3 is 9.47 Å². The van der Waals surface area contributed by atoms with Gasteiger partial charge in [0.05, 0.1) is 14.2 Å². The quantitative estimate of drug-likeness (QED) is 0.384. The van der Waals surface area contributed by atoms with E-state index in [1.807, 2.05) is 0 Å². The van der Waals surface area contributed by atoms with Gasteiger partial charge in [0.25, 0.3) is 0 Å². The van der Waals surface area contributed by atoms with Gasteiger partial charge in [0.15, 0.2) is 17.5 Å². The van der Waals surface area contributed by atoms with Gasteiger partial charge in [0, 0.05) is 22.3 Å². The maximum absolute atomic E-state index is 14.4. The summed E-state index contributed by atoms with van der Waals surface area (Å²) < 4.78 is 23.7. The molecule has 7 heteroatoms. The third-order valence-corrected chi connectivity index (χ3v) is 5.17. The van der Waals surface area contributed by atoms with E-state index in [0.29, 0.717) is 0 Å². The van der Waals surface area contributed by atoms with Crippen molar-refractivity contribution in [2.75, 3.05) is 14.2 Å². The fraction of sp³-hybridized carbons (Fsp3) is 0.130. The molecule has 0 atom stereocenters. The molecule has 0 fully saturated rings. The van der Waals surface area contributed by atoms with Crippen molar-refractivity contribution in [1.82, 2.24) is 0 Å². The molecule has 4 rings (SSSR count). The number of halogens is 1. The van der Waals surface area contributed by atoms with Crippen LogP contribution < -0.4 is 0 Å². The predicted molar refractivity (Wildman–Crippen MR) is 104 cm³/mol. The monoisotopic (exact) mass is 406 g/mol. The van der Waals surface area contributed by atoms with Gasteiger partial charge in [-0.05, 0) is 40.6 Å². The highest BCUT2D eigenvalue weighted by atomic mass is 19.1. The molecule has 3 aromatic carbocycles. The van der Waals surface area contributed by atoms with Crippen molar-refractivity contribution in [2.45, 2.75) is 5.92 Å². The number of fused-ring (bicyclic) bond motifs is 3. The Labute approximate surface area is 170 Å². The van der Waals surface area contributed by atoms with Gasteiger partial charge in [-0.3, -0.25) is 19.2 Å². The molecule has 1 aliphatic carbocycles. The highest BCUT2D eigenvalue weighted by Gasteiger charge is 2.40. The average Bonchev–Trinajstić information content (AvgIpc) is 2.75. The predicted octanol–water partition coefficient (Wildman–Crippen LogP) is 3.18. The van der Waals surface area contributed by atoms with Crippen molar-refractivity contribution in [3.63, 3.8) is 0 Å². The van der Waals surface area contributed by atoms with E-state index in [2.05, 4.69) is 9.47 Å². The maximum atomic E-state index is 14.4. The summed E-state index contributed by atoms with van der Waals surface area (Å²) in [4.78, 5) is 51.1. The standard InChI is InChI=1S/C23H15FO6/c1-29-22(27)19(23(28)30-2)16-9-13(24)10-17-18(16)21(26)15-8-12-6-4-3-5-11(12)7-14(15)20(17)25/h3-10,19H,1-2H3. The molecule has 0 saturated carbocycles. The fourth-order valence-electron chi connectivity index (χ4n) is 3.77. The Kier molecular flexibility index (Phi) is 4.66. The first-order chi connectivity index (χ1) is 14.4. The Morgan fingerprint density at radius 1 is 0.800 bits per heavy atom. The van der Waals surface area contributed by atoms with Crippen molar-refractivity contribution >= 4 is 34.3 Å². The second kappa shape index (κ2) is 7.18. The average molecular weight is 406 g/mol. The minimum atomic E-state index is -1.71. The van der Waals surface area contributed by atoms with Crippen molar-refractivity contribution in [2.24, 2.45) is 0 Å². The first-order valence-corrected chi connectivity index (χ1v) is 8.98. The summed E-state index contributed by atoms with van der Waals surface area (Å²) in [6, 6.07) is 12.2.